The molecule has 8 heteroatoms. The van der Waals surface area contributed by atoms with E-state index in [2.05, 4.69) is 17.2 Å². The highest BCUT2D eigenvalue weighted by Crippen LogP contribution is 2.37. The summed E-state index contributed by atoms with van der Waals surface area (Å²) in [5.74, 6) is 0.967. The molecule has 0 bridgehead atoms. The van der Waals surface area contributed by atoms with Gasteiger partial charge in [0.2, 0.25) is 0 Å². The first-order valence-corrected chi connectivity index (χ1v) is 9.46. The summed E-state index contributed by atoms with van der Waals surface area (Å²) in [5, 5.41) is 3.57. The summed E-state index contributed by atoms with van der Waals surface area (Å²) < 4.78 is 15.6. The molecule has 1 aliphatic rings. The van der Waals surface area contributed by atoms with E-state index in [9.17, 15) is 9.59 Å². The molecule has 1 aliphatic heterocycles. The number of H-pyrrole nitrogens is 1. The lowest BCUT2D eigenvalue weighted by atomic mass is 10.0. The van der Waals surface area contributed by atoms with Crippen molar-refractivity contribution in [3.05, 3.63) is 17.8 Å². The number of carbonyl (C=O) groups excluding carboxylic acids is 2. The van der Waals surface area contributed by atoms with E-state index in [0.29, 0.717) is 40.6 Å². The summed E-state index contributed by atoms with van der Waals surface area (Å²) in [6, 6.07) is 3.47. The third kappa shape index (κ3) is 4.06. The van der Waals surface area contributed by atoms with E-state index in [1.807, 2.05) is 0 Å². The van der Waals surface area contributed by atoms with Crippen molar-refractivity contribution < 1.29 is 28.7 Å². The van der Waals surface area contributed by atoms with Gasteiger partial charge in [-0.25, -0.2) is 4.79 Å². The van der Waals surface area contributed by atoms with E-state index in [-0.39, 0.29) is 11.6 Å². The van der Waals surface area contributed by atoms with Gasteiger partial charge < -0.3 is 29.4 Å². The Hall–Kier alpha value is -2.74. The number of quaternary nitrogens is 1. The van der Waals surface area contributed by atoms with Crippen LogP contribution < -0.4 is 19.7 Å². The average Bonchev–Trinajstić information content (AvgIpc) is 3.03. The zero-order chi connectivity index (χ0) is 20.3. The van der Waals surface area contributed by atoms with Gasteiger partial charge in [0.15, 0.2) is 18.0 Å². The number of ether oxygens (including phenoxy) is 3. The minimum atomic E-state index is -0.552. The zero-order valence-electron chi connectivity index (χ0n) is 16.8. The minimum absolute atomic E-state index is 0.134. The number of aromatic nitrogens is 1. The van der Waals surface area contributed by atoms with Crippen LogP contribution in [0.1, 0.15) is 30.3 Å². The molecule has 1 aromatic heterocycles. The van der Waals surface area contributed by atoms with Crippen LogP contribution in [0.4, 0.5) is 5.69 Å². The molecule has 0 radical (unpaired) electrons. The summed E-state index contributed by atoms with van der Waals surface area (Å²) in [5.41, 5.74) is 1.24. The van der Waals surface area contributed by atoms with E-state index >= 15 is 0 Å². The molecular weight excluding hydrogens is 362 g/mol. The summed E-state index contributed by atoms with van der Waals surface area (Å²) in [6.45, 7) is 4.55. The number of hydrogen-bond acceptors (Lipinski definition) is 5. The van der Waals surface area contributed by atoms with Gasteiger partial charge in [-0.3, -0.25) is 4.79 Å². The molecule has 1 amide bonds. The molecule has 3 rings (SSSR count). The maximum Gasteiger partial charge on any atom is 0.356 e. The molecule has 152 valence electrons. The van der Waals surface area contributed by atoms with Gasteiger partial charge in [0.05, 0.1) is 45.6 Å². The number of nitrogens with one attached hydrogen (secondary N) is 3. The second-order valence-electron chi connectivity index (χ2n) is 7.30. The van der Waals surface area contributed by atoms with Crippen molar-refractivity contribution in [1.82, 2.24) is 4.98 Å². The highest BCUT2D eigenvalue weighted by molar-refractivity contribution is 6.11. The number of likely N-dealkylation sites (tertiary alicyclic amines) is 1. The van der Waals surface area contributed by atoms with E-state index in [0.717, 1.165) is 19.5 Å². The Labute approximate surface area is 164 Å². The summed E-state index contributed by atoms with van der Waals surface area (Å²) in [6.07, 6.45) is 2.34. The number of piperidine rings is 1. The number of esters is 1. The summed E-state index contributed by atoms with van der Waals surface area (Å²) >= 11 is 0. The van der Waals surface area contributed by atoms with Crippen LogP contribution in [-0.2, 0) is 9.53 Å². The predicted octanol–water partition coefficient (Wildman–Crippen LogP) is 1.23. The molecule has 2 heterocycles. The summed E-state index contributed by atoms with van der Waals surface area (Å²) in [4.78, 5) is 29.3. The van der Waals surface area contributed by atoms with Gasteiger partial charge >= 0.3 is 5.97 Å². The Bertz CT molecular complexity index is 876. The number of fused-ring (bicyclic) bond motifs is 1. The Morgan fingerprint density at radius 2 is 1.93 bits per heavy atom. The van der Waals surface area contributed by atoms with Gasteiger partial charge in [-0.05, 0) is 18.9 Å². The maximum absolute atomic E-state index is 12.7. The number of benzene rings is 1. The quantitative estimate of drug-likeness (QED) is 0.645. The van der Waals surface area contributed by atoms with Crippen molar-refractivity contribution in [2.75, 3.05) is 46.3 Å². The molecule has 28 heavy (non-hydrogen) atoms. The fraction of sp³-hybridized carbons (Fsp3) is 0.500. The normalized spacial score (nSPS) is 19.3. The first kappa shape index (κ1) is 20.0. The number of amides is 1. The number of aromatic amines is 1. The van der Waals surface area contributed by atoms with Crippen LogP contribution in [0.3, 0.4) is 0 Å². The van der Waals surface area contributed by atoms with Gasteiger partial charge in [-0.1, -0.05) is 6.92 Å². The van der Waals surface area contributed by atoms with Crippen LogP contribution >= 0.6 is 0 Å². The van der Waals surface area contributed by atoms with Crippen LogP contribution in [0, 0.1) is 5.92 Å². The Kier molecular flexibility index (Phi) is 6.08. The fourth-order valence-electron chi connectivity index (χ4n) is 3.87. The van der Waals surface area contributed by atoms with Crippen LogP contribution in [0.25, 0.3) is 10.9 Å². The minimum Gasteiger partial charge on any atom is -0.493 e. The Morgan fingerprint density at radius 1 is 1.21 bits per heavy atom. The second kappa shape index (κ2) is 8.52. The number of methoxy groups -OCH3 is 3. The lowest BCUT2D eigenvalue weighted by molar-refractivity contribution is -0.900. The van der Waals surface area contributed by atoms with Gasteiger partial charge in [-0.2, -0.15) is 0 Å². The standard InChI is InChI=1S/C20H27N3O5/c1-12-6-5-7-23(10-12)11-17(24)22-18-13-8-15(26-2)16(27-3)9-14(13)21-19(18)20(25)28-4/h8-9,12,21H,5-7,10-11H2,1-4H3,(H,22,24)/p+1/t12-/m0/s1. The molecule has 0 aliphatic carbocycles. The predicted molar refractivity (Wildman–Crippen MR) is 105 cm³/mol. The lowest BCUT2D eigenvalue weighted by Gasteiger charge is -2.27. The fourth-order valence-corrected chi connectivity index (χ4v) is 3.87. The van der Waals surface area contributed by atoms with Crippen LogP contribution in [0.5, 0.6) is 11.5 Å². The molecule has 3 N–H and O–H groups in total. The number of rotatable bonds is 6. The molecule has 1 saturated heterocycles. The maximum atomic E-state index is 12.7. The van der Waals surface area contributed by atoms with E-state index in [4.69, 9.17) is 14.2 Å². The van der Waals surface area contributed by atoms with Crippen molar-refractivity contribution in [2.45, 2.75) is 19.8 Å². The molecule has 8 nitrogen and oxygen atoms in total. The topological polar surface area (TPSA) is 94.1 Å². The van der Waals surface area contributed by atoms with Crippen LogP contribution in [0.2, 0.25) is 0 Å². The number of hydrogen-bond donors (Lipinski definition) is 3. The molecule has 0 saturated carbocycles. The monoisotopic (exact) mass is 390 g/mol. The zero-order valence-corrected chi connectivity index (χ0v) is 16.8. The van der Waals surface area contributed by atoms with Crippen LogP contribution in [-0.4, -0.2) is 57.8 Å². The SMILES string of the molecule is COC(=O)c1[nH]c2cc(OC)c(OC)cc2c1NC(=O)C[NH+]1CCC[C@H](C)C1. The number of anilines is 1. The van der Waals surface area contributed by atoms with Crippen molar-refractivity contribution in [1.29, 1.82) is 0 Å². The highest BCUT2D eigenvalue weighted by atomic mass is 16.5. The largest absolute Gasteiger partial charge is 0.493 e. The van der Waals surface area contributed by atoms with Gasteiger partial charge in [-0.15, -0.1) is 0 Å². The first-order chi connectivity index (χ1) is 13.5. The third-order valence-electron chi connectivity index (χ3n) is 5.23. The van der Waals surface area contributed by atoms with Crippen molar-refractivity contribution in [3.63, 3.8) is 0 Å². The Balaban J connectivity index is 1.92. The smallest absolute Gasteiger partial charge is 0.356 e. The third-order valence-corrected chi connectivity index (χ3v) is 5.23. The summed E-state index contributed by atoms with van der Waals surface area (Å²) in [7, 11) is 4.38. The van der Waals surface area contributed by atoms with E-state index in [1.54, 1.807) is 19.2 Å². The second-order valence-corrected chi connectivity index (χ2v) is 7.30. The molecule has 0 spiro atoms. The highest BCUT2D eigenvalue weighted by Gasteiger charge is 2.25. The van der Waals surface area contributed by atoms with E-state index in [1.165, 1.54) is 25.5 Å². The van der Waals surface area contributed by atoms with Gasteiger partial charge in [0, 0.05) is 17.4 Å². The van der Waals surface area contributed by atoms with Crippen molar-refractivity contribution in [2.24, 2.45) is 5.92 Å². The van der Waals surface area contributed by atoms with Crippen molar-refractivity contribution >= 4 is 28.5 Å². The van der Waals surface area contributed by atoms with Gasteiger partial charge in [0.1, 0.15) is 5.69 Å². The van der Waals surface area contributed by atoms with E-state index < -0.39 is 5.97 Å². The molecule has 1 fully saturated rings. The molecule has 2 atom stereocenters. The average molecular weight is 390 g/mol. The molecule has 2 aromatic rings. The first-order valence-electron chi connectivity index (χ1n) is 9.46. The molecule has 1 aromatic carbocycles. The van der Waals surface area contributed by atoms with Crippen LogP contribution in [0.15, 0.2) is 12.1 Å². The van der Waals surface area contributed by atoms with Gasteiger partial charge in [0.25, 0.3) is 5.91 Å². The van der Waals surface area contributed by atoms with Crippen molar-refractivity contribution in [3.8, 4) is 11.5 Å². The lowest BCUT2D eigenvalue weighted by Crippen LogP contribution is -3.14. The number of carbonyl (C=O) groups is 2. The Morgan fingerprint density at radius 3 is 2.57 bits per heavy atom. The molecule has 1 unspecified atom stereocenters. The molecular formula is C20H28N3O5+.